The van der Waals surface area contributed by atoms with Gasteiger partial charge in [0, 0.05) is 0 Å². The van der Waals surface area contributed by atoms with E-state index in [9.17, 15) is 4.39 Å². The molecular weight excluding hydrogens is 259 g/mol. The summed E-state index contributed by atoms with van der Waals surface area (Å²) in [6.07, 6.45) is 13.8. The number of halogens is 1. The monoisotopic (exact) mass is 286 g/mol. The topological polar surface area (TPSA) is 0 Å². The highest BCUT2D eigenvalue weighted by molar-refractivity contribution is 5.59. The van der Waals surface area contributed by atoms with Gasteiger partial charge in [-0.05, 0) is 54.7 Å². The van der Waals surface area contributed by atoms with Crippen LogP contribution in [0.15, 0.2) is 23.8 Å². The van der Waals surface area contributed by atoms with Crippen LogP contribution in [0.3, 0.4) is 0 Å². The summed E-state index contributed by atoms with van der Waals surface area (Å²) in [7, 11) is 0. The van der Waals surface area contributed by atoms with E-state index in [2.05, 4.69) is 19.1 Å². The van der Waals surface area contributed by atoms with Crippen LogP contribution in [0.25, 0.3) is 6.08 Å². The molecule has 0 saturated heterocycles. The summed E-state index contributed by atoms with van der Waals surface area (Å²) in [4.78, 5) is 0. The second kappa shape index (κ2) is 6.77. The summed E-state index contributed by atoms with van der Waals surface area (Å²) < 4.78 is 13.7. The normalized spacial score (nSPS) is 25.3. The molecule has 2 aliphatic rings. The fourth-order valence-corrected chi connectivity index (χ4v) is 4.07. The number of allylic oxidation sites excluding steroid dienone is 1. The van der Waals surface area contributed by atoms with Crippen LogP contribution in [0.5, 0.6) is 0 Å². The van der Waals surface area contributed by atoms with E-state index in [4.69, 9.17) is 0 Å². The first-order valence-electron chi connectivity index (χ1n) is 8.73. The highest BCUT2D eigenvalue weighted by atomic mass is 19.1. The van der Waals surface area contributed by atoms with Gasteiger partial charge in [-0.3, -0.25) is 0 Å². The lowest BCUT2D eigenvalue weighted by molar-refractivity contribution is 0.258. The molecule has 1 heteroatoms. The molecule has 1 saturated carbocycles. The van der Waals surface area contributed by atoms with Crippen molar-refractivity contribution < 1.29 is 4.39 Å². The maximum Gasteiger partial charge on any atom is 0.127 e. The molecule has 0 aliphatic heterocycles. The molecule has 3 rings (SSSR count). The van der Waals surface area contributed by atoms with Crippen LogP contribution < -0.4 is 0 Å². The number of benzene rings is 1. The molecule has 1 aromatic carbocycles. The van der Waals surface area contributed by atoms with Crippen molar-refractivity contribution >= 4 is 6.08 Å². The Kier molecular flexibility index (Phi) is 4.77. The van der Waals surface area contributed by atoms with Crippen LogP contribution in [0.1, 0.15) is 69.4 Å². The van der Waals surface area contributed by atoms with Crippen molar-refractivity contribution in [1.82, 2.24) is 0 Å². The van der Waals surface area contributed by atoms with Crippen molar-refractivity contribution in [2.24, 2.45) is 11.8 Å². The smallest absolute Gasteiger partial charge is 0.127 e. The van der Waals surface area contributed by atoms with Gasteiger partial charge < -0.3 is 0 Å². The Balaban J connectivity index is 1.55. The average molecular weight is 286 g/mol. The molecule has 0 bridgehead atoms. The molecule has 2 aliphatic carbocycles. The van der Waals surface area contributed by atoms with E-state index in [-0.39, 0.29) is 5.82 Å². The predicted molar refractivity (Wildman–Crippen MR) is 87.7 cm³/mol. The second-order valence-electron chi connectivity index (χ2n) is 6.94. The van der Waals surface area contributed by atoms with Gasteiger partial charge in [0.05, 0.1) is 0 Å². The van der Waals surface area contributed by atoms with E-state index in [0.29, 0.717) is 0 Å². The van der Waals surface area contributed by atoms with Crippen molar-refractivity contribution in [3.8, 4) is 0 Å². The maximum absolute atomic E-state index is 13.7. The van der Waals surface area contributed by atoms with Crippen LogP contribution in [0, 0.1) is 17.7 Å². The molecule has 0 spiro atoms. The Morgan fingerprint density at radius 1 is 1.05 bits per heavy atom. The second-order valence-corrected chi connectivity index (χ2v) is 6.94. The minimum absolute atomic E-state index is 0.0271. The van der Waals surface area contributed by atoms with Crippen molar-refractivity contribution in [3.05, 3.63) is 40.7 Å². The molecule has 1 fully saturated rings. The summed E-state index contributed by atoms with van der Waals surface area (Å²) >= 11 is 0. The van der Waals surface area contributed by atoms with Crippen LogP contribution in [-0.4, -0.2) is 0 Å². The predicted octanol–water partition coefficient (Wildman–Crippen LogP) is 6.15. The molecule has 0 atom stereocenters. The quantitative estimate of drug-likeness (QED) is 0.622. The summed E-state index contributed by atoms with van der Waals surface area (Å²) in [5.41, 5.74) is 3.57. The molecule has 0 heterocycles. The third-order valence-electron chi connectivity index (χ3n) is 5.63. The molecular formula is C20H27F. The molecule has 0 aromatic heterocycles. The molecule has 114 valence electrons. The number of fused-ring (bicyclic) bond motifs is 1. The lowest BCUT2D eigenvalue weighted by Gasteiger charge is -2.28. The molecule has 0 amide bonds. The van der Waals surface area contributed by atoms with Gasteiger partial charge in [0.15, 0.2) is 0 Å². The minimum atomic E-state index is -0.0271. The Bertz CT molecular complexity index is 507. The largest absolute Gasteiger partial charge is 0.207 e. The highest BCUT2D eigenvalue weighted by Gasteiger charge is 2.20. The van der Waals surface area contributed by atoms with Gasteiger partial charge in [0.25, 0.3) is 0 Å². The fourth-order valence-electron chi connectivity index (χ4n) is 4.07. The fraction of sp³-hybridized carbons (Fsp3) is 0.600. The van der Waals surface area contributed by atoms with E-state index < -0.39 is 0 Å². The Morgan fingerprint density at radius 2 is 1.81 bits per heavy atom. The first kappa shape index (κ1) is 14.8. The zero-order valence-electron chi connectivity index (χ0n) is 13.2. The number of hydrogen-bond acceptors (Lipinski definition) is 0. The lowest BCUT2D eigenvalue weighted by Crippen LogP contribution is -2.14. The first-order chi connectivity index (χ1) is 10.3. The zero-order valence-corrected chi connectivity index (χ0v) is 13.2. The molecule has 21 heavy (non-hydrogen) atoms. The van der Waals surface area contributed by atoms with E-state index in [0.717, 1.165) is 35.8 Å². The highest BCUT2D eigenvalue weighted by Crippen LogP contribution is 2.35. The maximum atomic E-state index is 13.7. The molecule has 1 aromatic rings. The lowest BCUT2D eigenvalue weighted by atomic mass is 9.78. The SMILES string of the molecule is CCC1CCC(CCC2=Cc3cccc(F)c3CC2)CC1. The van der Waals surface area contributed by atoms with E-state index in [1.807, 2.05) is 6.07 Å². The van der Waals surface area contributed by atoms with Gasteiger partial charge in [-0.2, -0.15) is 0 Å². The number of hydrogen-bond donors (Lipinski definition) is 0. The first-order valence-corrected chi connectivity index (χ1v) is 8.73. The third-order valence-corrected chi connectivity index (χ3v) is 5.63. The Morgan fingerprint density at radius 3 is 2.57 bits per heavy atom. The van der Waals surface area contributed by atoms with E-state index >= 15 is 0 Å². The summed E-state index contributed by atoms with van der Waals surface area (Å²) in [6.45, 7) is 2.33. The standard InChI is InChI=1S/C20H27F/c1-2-15-6-8-16(9-7-15)10-11-17-12-13-19-18(14-17)4-3-5-20(19)21/h3-5,14-16H,2,6-13H2,1H3. The Labute approximate surface area is 128 Å². The van der Waals surface area contributed by atoms with Crippen molar-refractivity contribution in [2.75, 3.05) is 0 Å². The van der Waals surface area contributed by atoms with Crippen LogP contribution >= 0.6 is 0 Å². The molecule has 0 unspecified atom stereocenters. The van der Waals surface area contributed by atoms with Crippen LogP contribution in [0.4, 0.5) is 4.39 Å². The average Bonchev–Trinajstić information content (AvgIpc) is 2.53. The number of rotatable bonds is 4. The molecule has 0 radical (unpaired) electrons. The minimum Gasteiger partial charge on any atom is -0.207 e. The molecule has 0 N–H and O–H groups in total. The van der Waals surface area contributed by atoms with Gasteiger partial charge in [-0.15, -0.1) is 0 Å². The van der Waals surface area contributed by atoms with Crippen molar-refractivity contribution in [1.29, 1.82) is 0 Å². The summed E-state index contributed by atoms with van der Waals surface area (Å²) in [5, 5.41) is 0. The zero-order chi connectivity index (χ0) is 14.7. The molecule has 0 nitrogen and oxygen atoms in total. The van der Waals surface area contributed by atoms with Crippen LogP contribution in [-0.2, 0) is 6.42 Å². The van der Waals surface area contributed by atoms with Crippen molar-refractivity contribution in [3.63, 3.8) is 0 Å². The van der Waals surface area contributed by atoms with Gasteiger partial charge in [-0.25, -0.2) is 4.39 Å². The van der Waals surface area contributed by atoms with Crippen molar-refractivity contribution in [2.45, 2.75) is 64.7 Å². The van der Waals surface area contributed by atoms with E-state index in [1.54, 1.807) is 6.07 Å². The van der Waals surface area contributed by atoms with Gasteiger partial charge in [0.2, 0.25) is 0 Å². The summed E-state index contributed by atoms with van der Waals surface area (Å²) in [6, 6.07) is 5.48. The van der Waals surface area contributed by atoms with Gasteiger partial charge >= 0.3 is 0 Å². The van der Waals surface area contributed by atoms with Gasteiger partial charge in [0.1, 0.15) is 5.82 Å². The van der Waals surface area contributed by atoms with Crippen LogP contribution in [0.2, 0.25) is 0 Å². The summed E-state index contributed by atoms with van der Waals surface area (Å²) in [5.74, 6) is 1.90. The Hall–Kier alpha value is -1.11. The third kappa shape index (κ3) is 3.56. The van der Waals surface area contributed by atoms with E-state index in [1.165, 1.54) is 50.5 Å². The van der Waals surface area contributed by atoms with Gasteiger partial charge in [-0.1, -0.05) is 62.8 Å².